The number of nitrogens with zero attached hydrogens (tertiary/aromatic N) is 1. The molecular formula is C22H20ClFN2O4S. The molecule has 0 aliphatic heterocycles. The normalized spacial score (nSPS) is 11.1. The number of rotatable bonds is 6. The number of carbonyl (C=O) groups is 1. The lowest BCUT2D eigenvalue weighted by Gasteiger charge is -2.22. The Kier molecular flexibility index (Phi) is 6.52. The molecule has 0 spiro atoms. The number of amides is 1. The second-order valence-corrected chi connectivity index (χ2v) is 9.08. The van der Waals surface area contributed by atoms with Crippen molar-refractivity contribution in [3.8, 4) is 5.75 Å². The van der Waals surface area contributed by atoms with E-state index in [0.29, 0.717) is 17.0 Å². The molecule has 0 saturated carbocycles. The fourth-order valence-electron chi connectivity index (χ4n) is 2.96. The standard InChI is InChI=1S/C22H20ClFN2O4S/c1-14-8-10-16(31(28,29)26(2)20-6-4-5-7-21(20)30-3)13-17(14)22(27)25-15-9-11-19(24)18(23)12-15/h4-13H,1-3H3,(H,25,27). The zero-order chi connectivity index (χ0) is 22.8. The molecule has 3 aromatic carbocycles. The Hall–Kier alpha value is -3.10. The first kappa shape index (κ1) is 22.6. The van der Waals surface area contributed by atoms with Gasteiger partial charge in [0, 0.05) is 18.3 Å². The summed E-state index contributed by atoms with van der Waals surface area (Å²) >= 11 is 5.76. The van der Waals surface area contributed by atoms with Crippen LogP contribution >= 0.6 is 11.6 Å². The summed E-state index contributed by atoms with van der Waals surface area (Å²) in [4.78, 5) is 12.7. The SMILES string of the molecule is COc1ccccc1N(C)S(=O)(=O)c1ccc(C)c(C(=O)Nc2ccc(F)c(Cl)c2)c1. The Morgan fingerprint density at radius 3 is 2.48 bits per heavy atom. The van der Waals surface area contributed by atoms with Gasteiger partial charge in [-0.05, 0) is 55.0 Å². The predicted octanol–water partition coefficient (Wildman–Crippen LogP) is 4.87. The minimum absolute atomic E-state index is 0.0613. The van der Waals surface area contributed by atoms with E-state index in [1.54, 1.807) is 37.3 Å². The minimum atomic E-state index is -3.98. The number of nitrogens with one attached hydrogen (secondary N) is 1. The van der Waals surface area contributed by atoms with Crippen molar-refractivity contribution in [2.24, 2.45) is 0 Å². The predicted molar refractivity (Wildman–Crippen MR) is 119 cm³/mol. The number of hydrogen-bond donors (Lipinski definition) is 1. The molecule has 162 valence electrons. The summed E-state index contributed by atoms with van der Waals surface area (Å²) in [6, 6.07) is 14.8. The number of benzene rings is 3. The summed E-state index contributed by atoms with van der Waals surface area (Å²) in [5.41, 5.74) is 1.38. The Morgan fingerprint density at radius 1 is 1.10 bits per heavy atom. The summed E-state index contributed by atoms with van der Waals surface area (Å²) in [6.07, 6.45) is 0. The maximum absolute atomic E-state index is 13.4. The van der Waals surface area contributed by atoms with Crippen LogP contribution in [0.1, 0.15) is 15.9 Å². The van der Waals surface area contributed by atoms with Gasteiger partial charge in [-0.3, -0.25) is 9.10 Å². The molecule has 0 aliphatic rings. The third-order valence-electron chi connectivity index (χ3n) is 4.71. The molecule has 1 amide bonds. The van der Waals surface area contributed by atoms with Gasteiger partial charge in [-0.2, -0.15) is 0 Å². The topological polar surface area (TPSA) is 75.7 Å². The highest BCUT2D eigenvalue weighted by Crippen LogP contribution is 2.31. The van der Waals surface area contributed by atoms with E-state index in [-0.39, 0.29) is 21.2 Å². The number of ether oxygens (including phenoxy) is 1. The summed E-state index contributed by atoms with van der Waals surface area (Å²) in [7, 11) is -1.12. The highest BCUT2D eigenvalue weighted by molar-refractivity contribution is 7.92. The maximum Gasteiger partial charge on any atom is 0.264 e. The third-order valence-corrected chi connectivity index (χ3v) is 6.77. The second-order valence-electron chi connectivity index (χ2n) is 6.70. The van der Waals surface area contributed by atoms with E-state index in [1.165, 1.54) is 38.4 Å². The first-order valence-corrected chi connectivity index (χ1v) is 11.0. The van der Waals surface area contributed by atoms with E-state index in [0.717, 1.165) is 10.4 Å². The van der Waals surface area contributed by atoms with Crippen LogP contribution in [0.15, 0.2) is 65.6 Å². The Morgan fingerprint density at radius 2 is 1.81 bits per heavy atom. The molecule has 0 aromatic heterocycles. The monoisotopic (exact) mass is 462 g/mol. The van der Waals surface area contributed by atoms with Crippen molar-refractivity contribution in [3.63, 3.8) is 0 Å². The molecular weight excluding hydrogens is 443 g/mol. The van der Waals surface area contributed by atoms with Gasteiger partial charge in [0.1, 0.15) is 11.6 Å². The van der Waals surface area contributed by atoms with Gasteiger partial charge < -0.3 is 10.1 Å². The molecule has 3 aromatic rings. The van der Waals surface area contributed by atoms with E-state index >= 15 is 0 Å². The summed E-state index contributed by atoms with van der Waals surface area (Å²) < 4.78 is 46.1. The zero-order valence-corrected chi connectivity index (χ0v) is 18.6. The molecule has 0 saturated heterocycles. The molecule has 0 bridgehead atoms. The lowest BCUT2D eigenvalue weighted by atomic mass is 10.1. The van der Waals surface area contributed by atoms with Gasteiger partial charge in [-0.15, -0.1) is 0 Å². The van der Waals surface area contributed by atoms with Gasteiger partial charge in [-0.1, -0.05) is 29.8 Å². The van der Waals surface area contributed by atoms with Gasteiger partial charge in [0.05, 0.1) is 22.7 Å². The number of anilines is 2. The van der Waals surface area contributed by atoms with Crippen molar-refractivity contribution in [3.05, 3.63) is 82.6 Å². The quantitative estimate of drug-likeness (QED) is 0.566. The maximum atomic E-state index is 13.4. The molecule has 1 N–H and O–H groups in total. The van der Waals surface area contributed by atoms with Crippen LogP contribution in [-0.2, 0) is 10.0 Å². The average molecular weight is 463 g/mol. The highest BCUT2D eigenvalue weighted by Gasteiger charge is 2.25. The Labute approximate surface area is 185 Å². The van der Waals surface area contributed by atoms with E-state index < -0.39 is 21.7 Å². The van der Waals surface area contributed by atoms with Crippen LogP contribution in [0.2, 0.25) is 5.02 Å². The molecule has 31 heavy (non-hydrogen) atoms. The number of para-hydroxylation sites is 2. The van der Waals surface area contributed by atoms with Gasteiger partial charge in [0.25, 0.3) is 15.9 Å². The van der Waals surface area contributed by atoms with Crippen LogP contribution < -0.4 is 14.4 Å². The van der Waals surface area contributed by atoms with Crippen LogP contribution in [0.3, 0.4) is 0 Å². The van der Waals surface area contributed by atoms with Crippen LogP contribution in [0, 0.1) is 12.7 Å². The molecule has 0 atom stereocenters. The fraction of sp³-hybridized carbons (Fsp3) is 0.136. The van der Waals surface area contributed by atoms with Gasteiger partial charge >= 0.3 is 0 Å². The third kappa shape index (κ3) is 4.65. The first-order valence-electron chi connectivity index (χ1n) is 9.14. The number of halogens is 2. The molecule has 6 nitrogen and oxygen atoms in total. The Balaban J connectivity index is 1.95. The summed E-state index contributed by atoms with van der Waals surface area (Å²) in [5.74, 6) is -0.757. The minimum Gasteiger partial charge on any atom is -0.495 e. The molecule has 0 radical (unpaired) electrons. The Bertz CT molecular complexity index is 1250. The van der Waals surface area contributed by atoms with Crippen LogP contribution in [0.4, 0.5) is 15.8 Å². The number of aryl methyl sites for hydroxylation is 1. The molecule has 0 fully saturated rings. The fourth-order valence-corrected chi connectivity index (χ4v) is 4.37. The van der Waals surface area contributed by atoms with E-state index in [9.17, 15) is 17.6 Å². The lowest BCUT2D eigenvalue weighted by molar-refractivity contribution is 0.102. The number of methoxy groups -OCH3 is 1. The lowest BCUT2D eigenvalue weighted by Crippen LogP contribution is -2.27. The van der Waals surface area contributed by atoms with Gasteiger partial charge in [-0.25, -0.2) is 12.8 Å². The van der Waals surface area contributed by atoms with E-state index in [1.807, 2.05) is 0 Å². The number of sulfonamides is 1. The first-order chi connectivity index (χ1) is 14.6. The van der Waals surface area contributed by atoms with Crippen LogP contribution in [0.5, 0.6) is 5.75 Å². The molecule has 0 aliphatic carbocycles. The van der Waals surface area contributed by atoms with Crippen molar-refractivity contribution in [2.45, 2.75) is 11.8 Å². The highest BCUT2D eigenvalue weighted by atomic mass is 35.5. The van der Waals surface area contributed by atoms with Gasteiger partial charge in [0.2, 0.25) is 0 Å². The number of hydrogen-bond acceptors (Lipinski definition) is 4. The molecule has 0 unspecified atom stereocenters. The van der Waals surface area contributed by atoms with Gasteiger partial charge in [0.15, 0.2) is 0 Å². The van der Waals surface area contributed by atoms with Crippen molar-refractivity contribution in [2.75, 3.05) is 23.8 Å². The molecule has 3 rings (SSSR count). The van der Waals surface area contributed by atoms with Crippen molar-refractivity contribution < 1.29 is 22.3 Å². The average Bonchev–Trinajstić information content (AvgIpc) is 2.75. The molecule has 0 heterocycles. The summed E-state index contributed by atoms with van der Waals surface area (Å²) in [6.45, 7) is 1.69. The second kappa shape index (κ2) is 8.95. The zero-order valence-electron chi connectivity index (χ0n) is 17.0. The number of carbonyl (C=O) groups excluding carboxylic acids is 1. The largest absolute Gasteiger partial charge is 0.495 e. The summed E-state index contributed by atoms with van der Waals surface area (Å²) in [5, 5.41) is 2.47. The van der Waals surface area contributed by atoms with E-state index in [4.69, 9.17) is 16.3 Å². The van der Waals surface area contributed by atoms with Crippen molar-refractivity contribution >= 4 is 38.9 Å². The van der Waals surface area contributed by atoms with Crippen molar-refractivity contribution in [1.82, 2.24) is 0 Å². The van der Waals surface area contributed by atoms with Crippen LogP contribution in [0.25, 0.3) is 0 Å². The van der Waals surface area contributed by atoms with E-state index in [2.05, 4.69) is 5.32 Å². The van der Waals surface area contributed by atoms with Crippen molar-refractivity contribution in [1.29, 1.82) is 0 Å². The van der Waals surface area contributed by atoms with Crippen LogP contribution in [-0.4, -0.2) is 28.5 Å². The smallest absolute Gasteiger partial charge is 0.264 e. The molecule has 9 heteroatoms.